The highest BCUT2D eigenvalue weighted by molar-refractivity contribution is 8.13. The quantitative estimate of drug-likeness (QED) is 0.806. The van der Waals surface area contributed by atoms with Crippen LogP contribution in [0.4, 0.5) is 13.2 Å². The van der Waals surface area contributed by atoms with Crippen molar-refractivity contribution in [3.63, 3.8) is 0 Å². The Labute approximate surface area is 122 Å². The first kappa shape index (κ1) is 15.8. The number of hydrogen-bond donors (Lipinski definition) is 0. The van der Waals surface area contributed by atoms with Crippen LogP contribution >= 0.6 is 10.7 Å². The third-order valence-corrected chi connectivity index (χ3v) is 3.85. The third-order valence-electron chi connectivity index (χ3n) is 2.70. The number of hydrogen-bond acceptors (Lipinski definition) is 4. The van der Waals surface area contributed by atoms with E-state index >= 15 is 0 Å². The van der Waals surface area contributed by atoms with E-state index in [0.29, 0.717) is 0 Å². The average Bonchev–Trinajstić information content (AvgIpc) is 2.81. The first-order chi connectivity index (χ1) is 9.64. The van der Waals surface area contributed by atoms with Crippen molar-refractivity contribution in [3.8, 4) is 11.4 Å². The molecule has 0 radical (unpaired) electrons. The van der Waals surface area contributed by atoms with Gasteiger partial charge in [-0.2, -0.15) is 13.2 Å². The Kier molecular flexibility index (Phi) is 3.98. The molecule has 1 aromatic heterocycles. The molecule has 0 aliphatic carbocycles. The van der Waals surface area contributed by atoms with E-state index < -0.39 is 25.9 Å². The fraction of sp³-hybridized carbons (Fsp3) is 0.273. The van der Waals surface area contributed by atoms with Crippen molar-refractivity contribution in [2.75, 3.05) is 0 Å². The molecule has 0 N–H and O–H groups in total. The summed E-state index contributed by atoms with van der Waals surface area (Å²) in [7, 11) is 1.08. The number of alkyl halides is 3. The molecule has 0 spiro atoms. The van der Waals surface area contributed by atoms with Crippen molar-refractivity contribution in [1.29, 1.82) is 0 Å². The van der Waals surface area contributed by atoms with E-state index in [0.717, 1.165) is 16.7 Å². The van der Waals surface area contributed by atoms with Gasteiger partial charge >= 0.3 is 6.18 Å². The lowest BCUT2D eigenvalue weighted by Crippen LogP contribution is -2.07. The molecule has 0 unspecified atom stereocenters. The molecule has 1 aromatic carbocycles. The number of nitrogens with zero attached hydrogens (tertiary/aromatic N) is 3. The largest absolute Gasteiger partial charge is 0.416 e. The summed E-state index contributed by atoms with van der Waals surface area (Å²) in [5, 5.41) is 6.57. The molecule has 0 amide bonds. The summed E-state index contributed by atoms with van der Waals surface area (Å²) in [6.07, 6.45) is -4.51. The summed E-state index contributed by atoms with van der Waals surface area (Å²) in [6, 6.07) is 4.38. The Morgan fingerprint density at radius 1 is 1.29 bits per heavy atom. The van der Waals surface area contributed by atoms with Crippen molar-refractivity contribution in [2.45, 2.75) is 24.8 Å². The monoisotopic (exact) mass is 339 g/mol. The second kappa shape index (κ2) is 5.30. The molecule has 21 heavy (non-hydrogen) atoms. The normalized spacial score (nSPS) is 12.6. The van der Waals surface area contributed by atoms with Gasteiger partial charge in [-0.05, 0) is 19.1 Å². The van der Waals surface area contributed by atoms with Gasteiger partial charge in [0.05, 0.1) is 5.56 Å². The van der Waals surface area contributed by atoms with Gasteiger partial charge < -0.3 is 0 Å². The number of halogens is 4. The highest BCUT2D eigenvalue weighted by Crippen LogP contribution is 2.32. The number of rotatable bonds is 3. The lowest BCUT2D eigenvalue weighted by molar-refractivity contribution is -0.137. The minimum atomic E-state index is -4.51. The van der Waals surface area contributed by atoms with Crippen molar-refractivity contribution in [3.05, 3.63) is 29.8 Å². The summed E-state index contributed by atoms with van der Waals surface area (Å²) in [5.74, 6) is 0.00262. The predicted octanol–water partition coefficient (Wildman–Crippen LogP) is 2.91. The molecule has 0 fully saturated rings. The van der Waals surface area contributed by atoms with E-state index in [1.807, 2.05) is 0 Å². The molecule has 0 aliphatic heterocycles. The van der Waals surface area contributed by atoms with Crippen LogP contribution in [-0.4, -0.2) is 23.2 Å². The second-order valence-corrected chi connectivity index (χ2v) is 6.53. The standard InChI is InChI=1S/C11H9ClF3N3O2S/c1-2-18-9(16-17-10(18)21(12,19)20)7-4-3-5-8(6-7)11(13,14)15/h3-6H,2H2,1H3. The second-order valence-electron chi connectivity index (χ2n) is 4.07. The smallest absolute Gasteiger partial charge is 0.297 e. The van der Waals surface area contributed by atoms with Crippen molar-refractivity contribution in [2.24, 2.45) is 0 Å². The molecule has 0 bridgehead atoms. The summed E-state index contributed by atoms with van der Waals surface area (Å²) in [6.45, 7) is 1.74. The maximum absolute atomic E-state index is 12.7. The molecule has 1 heterocycles. The van der Waals surface area contributed by atoms with Crippen LogP contribution in [0.2, 0.25) is 0 Å². The van der Waals surface area contributed by atoms with Crippen molar-refractivity contribution >= 4 is 19.7 Å². The van der Waals surface area contributed by atoms with Gasteiger partial charge in [0.15, 0.2) is 5.82 Å². The van der Waals surface area contributed by atoms with E-state index in [2.05, 4.69) is 10.2 Å². The molecular weight excluding hydrogens is 331 g/mol. The molecule has 2 aromatic rings. The zero-order chi connectivity index (χ0) is 15.8. The van der Waals surface area contributed by atoms with Gasteiger partial charge in [0, 0.05) is 22.8 Å². The van der Waals surface area contributed by atoms with Crippen LogP contribution in [-0.2, 0) is 21.8 Å². The molecule has 2 rings (SSSR count). The van der Waals surface area contributed by atoms with Gasteiger partial charge in [-0.3, -0.25) is 4.57 Å². The van der Waals surface area contributed by atoms with Crippen LogP contribution in [0, 0.1) is 0 Å². The highest BCUT2D eigenvalue weighted by atomic mass is 35.7. The van der Waals surface area contributed by atoms with Crippen LogP contribution < -0.4 is 0 Å². The zero-order valence-electron chi connectivity index (χ0n) is 10.6. The van der Waals surface area contributed by atoms with E-state index in [-0.39, 0.29) is 17.9 Å². The molecule has 0 saturated carbocycles. The summed E-state index contributed by atoms with van der Waals surface area (Å²) in [5.41, 5.74) is -0.758. The molecule has 114 valence electrons. The minimum Gasteiger partial charge on any atom is -0.297 e. The average molecular weight is 340 g/mol. The molecule has 0 saturated heterocycles. The summed E-state index contributed by atoms with van der Waals surface area (Å²) < 4.78 is 61.9. The minimum absolute atomic E-state index is 0.00262. The van der Waals surface area contributed by atoms with Gasteiger partial charge in [0.1, 0.15) is 0 Å². The third kappa shape index (κ3) is 3.18. The summed E-state index contributed by atoms with van der Waals surface area (Å²) in [4.78, 5) is 0. The maximum atomic E-state index is 12.7. The Bertz CT molecular complexity index is 771. The van der Waals surface area contributed by atoms with Gasteiger partial charge in [0.25, 0.3) is 14.2 Å². The Balaban J connectivity index is 2.61. The maximum Gasteiger partial charge on any atom is 0.416 e. The Morgan fingerprint density at radius 3 is 2.48 bits per heavy atom. The van der Waals surface area contributed by atoms with Crippen molar-refractivity contribution < 1.29 is 21.6 Å². The lowest BCUT2D eigenvalue weighted by atomic mass is 10.1. The van der Waals surface area contributed by atoms with Crippen LogP contribution in [0.3, 0.4) is 0 Å². The Hall–Kier alpha value is -1.61. The molecule has 10 heteroatoms. The van der Waals surface area contributed by atoms with E-state index in [4.69, 9.17) is 10.7 Å². The topological polar surface area (TPSA) is 64.8 Å². The van der Waals surface area contributed by atoms with Crippen LogP contribution in [0.25, 0.3) is 11.4 Å². The first-order valence-electron chi connectivity index (χ1n) is 5.70. The molecule has 0 aliphatic rings. The fourth-order valence-corrected chi connectivity index (χ4v) is 2.76. The van der Waals surface area contributed by atoms with Crippen LogP contribution in [0.15, 0.2) is 29.4 Å². The Morgan fingerprint density at radius 2 is 1.95 bits per heavy atom. The van der Waals surface area contributed by atoms with Crippen LogP contribution in [0.5, 0.6) is 0 Å². The molecule has 5 nitrogen and oxygen atoms in total. The van der Waals surface area contributed by atoms with Gasteiger partial charge in [-0.15, -0.1) is 10.2 Å². The zero-order valence-corrected chi connectivity index (χ0v) is 12.2. The van der Waals surface area contributed by atoms with Crippen LogP contribution in [0.1, 0.15) is 12.5 Å². The van der Waals surface area contributed by atoms with E-state index in [9.17, 15) is 21.6 Å². The van der Waals surface area contributed by atoms with E-state index in [1.54, 1.807) is 6.92 Å². The SMILES string of the molecule is CCn1c(-c2cccc(C(F)(F)F)c2)nnc1S(=O)(=O)Cl. The van der Waals surface area contributed by atoms with Crippen molar-refractivity contribution in [1.82, 2.24) is 14.8 Å². The number of aromatic nitrogens is 3. The van der Waals surface area contributed by atoms with E-state index in [1.165, 1.54) is 12.1 Å². The molecular formula is C11H9ClF3N3O2S. The van der Waals surface area contributed by atoms with Gasteiger partial charge in [-0.25, -0.2) is 8.42 Å². The molecule has 0 atom stereocenters. The predicted molar refractivity (Wildman–Crippen MR) is 69.2 cm³/mol. The first-order valence-corrected chi connectivity index (χ1v) is 8.01. The van der Waals surface area contributed by atoms with Gasteiger partial charge in [0.2, 0.25) is 0 Å². The summed E-state index contributed by atoms with van der Waals surface area (Å²) >= 11 is 0. The fourth-order valence-electron chi connectivity index (χ4n) is 1.80. The number of benzene rings is 1. The lowest BCUT2D eigenvalue weighted by Gasteiger charge is -2.09. The van der Waals surface area contributed by atoms with Gasteiger partial charge in [-0.1, -0.05) is 12.1 Å². The highest BCUT2D eigenvalue weighted by Gasteiger charge is 2.31.